The van der Waals surface area contributed by atoms with Crippen LogP contribution in [0.15, 0.2) is 45.5 Å². The number of amides is 1. The van der Waals surface area contributed by atoms with Gasteiger partial charge in [0, 0.05) is 4.47 Å². The quantitative estimate of drug-likeness (QED) is 0.809. The molecule has 0 fully saturated rings. The summed E-state index contributed by atoms with van der Waals surface area (Å²) >= 11 is 3.35. The zero-order chi connectivity index (χ0) is 14.1. The number of carbonyl (C=O) groups excluding carboxylic acids is 2. The standard InChI is InChI=1S/C14H10BrNO4/c15-9-3-4-12-10(6-9)16(14(18)8-20-12)7-11(17)13-2-1-5-19-13/h1-6H,7-8H2. The van der Waals surface area contributed by atoms with E-state index in [0.717, 1.165) is 4.47 Å². The fraction of sp³-hybridized carbons (Fsp3) is 0.143. The van der Waals surface area contributed by atoms with Gasteiger partial charge < -0.3 is 9.15 Å². The van der Waals surface area contributed by atoms with Crippen molar-refractivity contribution in [1.29, 1.82) is 0 Å². The molecule has 2 heterocycles. The van der Waals surface area contributed by atoms with Gasteiger partial charge in [-0.3, -0.25) is 14.5 Å². The molecule has 102 valence electrons. The summed E-state index contributed by atoms with van der Waals surface area (Å²) in [6, 6.07) is 8.55. The van der Waals surface area contributed by atoms with Crippen LogP contribution < -0.4 is 9.64 Å². The Morgan fingerprint density at radius 1 is 1.35 bits per heavy atom. The van der Waals surface area contributed by atoms with Gasteiger partial charge in [-0.05, 0) is 30.3 Å². The molecule has 0 atom stereocenters. The first-order valence-corrected chi connectivity index (χ1v) is 6.74. The molecule has 1 aromatic heterocycles. The molecule has 6 heteroatoms. The van der Waals surface area contributed by atoms with E-state index in [0.29, 0.717) is 11.4 Å². The van der Waals surface area contributed by atoms with Crippen molar-refractivity contribution in [2.45, 2.75) is 0 Å². The first kappa shape index (κ1) is 12.9. The molecule has 0 saturated heterocycles. The van der Waals surface area contributed by atoms with Crippen molar-refractivity contribution in [2.75, 3.05) is 18.1 Å². The molecule has 3 rings (SSSR count). The Morgan fingerprint density at radius 2 is 2.20 bits per heavy atom. The van der Waals surface area contributed by atoms with Crippen LogP contribution in [0.3, 0.4) is 0 Å². The summed E-state index contributed by atoms with van der Waals surface area (Å²) in [5, 5.41) is 0. The molecule has 0 bridgehead atoms. The van der Waals surface area contributed by atoms with Crippen LogP contribution >= 0.6 is 15.9 Å². The van der Waals surface area contributed by atoms with Gasteiger partial charge >= 0.3 is 0 Å². The lowest BCUT2D eigenvalue weighted by Crippen LogP contribution is -2.41. The highest BCUT2D eigenvalue weighted by atomic mass is 79.9. The zero-order valence-corrected chi connectivity index (χ0v) is 11.9. The Bertz CT molecular complexity index is 666. The average Bonchev–Trinajstić information content (AvgIpc) is 2.96. The van der Waals surface area contributed by atoms with E-state index in [9.17, 15) is 9.59 Å². The van der Waals surface area contributed by atoms with E-state index in [2.05, 4.69) is 15.9 Å². The van der Waals surface area contributed by atoms with Gasteiger partial charge in [0.05, 0.1) is 18.5 Å². The third-order valence-corrected chi connectivity index (χ3v) is 3.45. The number of ether oxygens (including phenoxy) is 1. The predicted octanol–water partition coefficient (Wildman–Crippen LogP) is 2.65. The molecular formula is C14H10BrNO4. The number of ketones is 1. The highest BCUT2D eigenvalue weighted by Gasteiger charge is 2.28. The van der Waals surface area contributed by atoms with Crippen LogP contribution in [0.25, 0.3) is 0 Å². The molecule has 20 heavy (non-hydrogen) atoms. The SMILES string of the molecule is O=C(CN1C(=O)COc2ccc(Br)cc21)c1ccco1. The van der Waals surface area contributed by atoms with E-state index < -0.39 is 0 Å². The largest absolute Gasteiger partial charge is 0.482 e. The molecule has 1 aliphatic rings. The smallest absolute Gasteiger partial charge is 0.265 e. The Balaban J connectivity index is 1.91. The Hall–Kier alpha value is -2.08. The van der Waals surface area contributed by atoms with Crippen LogP contribution in [0.4, 0.5) is 5.69 Å². The third kappa shape index (κ3) is 2.34. The van der Waals surface area contributed by atoms with Gasteiger partial charge in [-0.15, -0.1) is 0 Å². The zero-order valence-electron chi connectivity index (χ0n) is 10.3. The maximum atomic E-state index is 12.1. The van der Waals surface area contributed by atoms with Crippen molar-refractivity contribution in [3.8, 4) is 5.75 Å². The monoisotopic (exact) mass is 335 g/mol. The van der Waals surface area contributed by atoms with Gasteiger partial charge in [-0.25, -0.2) is 0 Å². The molecule has 1 aliphatic heterocycles. The van der Waals surface area contributed by atoms with Crippen LogP contribution in [0.2, 0.25) is 0 Å². The van der Waals surface area contributed by atoms with E-state index in [1.807, 2.05) is 6.07 Å². The van der Waals surface area contributed by atoms with Gasteiger partial charge in [0.2, 0.25) is 5.78 Å². The average molecular weight is 336 g/mol. The van der Waals surface area contributed by atoms with Crippen molar-refractivity contribution in [3.05, 3.63) is 46.8 Å². The minimum Gasteiger partial charge on any atom is -0.482 e. The number of carbonyl (C=O) groups is 2. The summed E-state index contributed by atoms with van der Waals surface area (Å²) in [7, 11) is 0. The minimum atomic E-state index is -0.254. The molecule has 5 nitrogen and oxygen atoms in total. The maximum absolute atomic E-state index is 12.1. The summed E-state index contributed by atoms with van der Waals surface area (Å²) in [4.78, 5) is 25.5. The van der Waals surface area contributed by atoms with Crippen molar-refractivity contribution in [2.24, 2.45) is 0 Å². The van der Waals surface area contributed by atoms with E-state index in [1.54, 1.807) is 24.3 Å². The second-order valence-electron chi connectivity index (χ2n) is 4.28. The number of nitrogens with zero attached hydrogens (tertiary/aromatic N) is 1. The molecule has 0 spiro atoms. The molecule has 0 saturated carbocycles. The van der Waals surface area contributed by atoms with Crippen LogP contribution in [-0.2, 0) is 4.79 Å². The molecule has 0 radical (unpaired) electrons. The second kappa shape index (κ2) is 5.13. The molecular weight excluding hydrogens is 326 g/mol. The number of rotatable bonds is 3. The molecule has 2 aromatic rings. The number of benzene rings is 1. The van der Waals surface area contributed by atoms with Crippen LogP contribution in [0, 0.1) is 0 Å². The predicted molar refractivity (Wildman–Crippen MR) is 75.0 cm³/mol. The molecule has 1 aromatic carbocycles. The molecule has 0 unspecified atom stereocenters. The highest BCUT2D eigenvalue weighted by Crippen LogP contribution is 2.34. The van der Waals surface area contributed by atoms with Gasteiger partial charge in [-0.2, -0.15) is 0 Å². The molecule has 0 N–H and O–H groups in total. The first-order valence-electron chi connectivity index (χ1n) is 5.94. The summed E-state index contributed by atoms with van der Waals surface area (Å²) in [5.74, 6) is 0.313. The van der Waals surface area contributed by atoms with E-state index in [1.165, 1.54) is 11.2 Å². The number of hydrogen-bond acceptors (Lipinski definition) is 4. The lowest BCUT2D eigenvalue weighted by atomic mass is 10.2. The topological polar surface area (TPSA) is 59.8 Å². The number of fused-ring (bicyclic) bond motifs is 1. The minimum absolute atomic E-state index is 0.0694. The van der Waals surface area contributed by atoms with E-state index in [4.69, 9.17) is 9.15 Å². The van der Waals surface area contributed by atoms with Crippen molar-refractivity contribution < 1.29 is 18.7 Å². The second-order valence-corrected chi connectivity index (χ2v) is 5.20. The van der Waals surface area contributed by atoms with E-state index in [-0.39, 0.29) is 30.6 Å². The summed E-state index contributed by atoms with van der Waals surface area (Å²) < 4.78 is 11.2. The Kier molecular flexibility index (Phi) is 3.31. The fourth-order valence-corrected chi connectivity index (χ4v) is 2.36. The fourth-order valence-electron chi connectivity index (χ4n) is 2.01. The van der Waals surface area contributed by atoms with Crippen LogP contribution in [0.1, 0.15) is 10.6 Å². The third-order valence-electron chi connectivity index (χ3n) is 2.96. The number of halogens is 1. The lowest BCUT2D eigenvalue weighted by molar-refractivity contribution is -0.121. The van der Waals surface area contributed by atoms with Gasteiger partial charge in [0.15, 0.2) is 12.4 Å². The van der Waals surface area contributed by atoms with Crippen molar-refractivity contribution in [1.82, 2.24) is 0 Å². The number of Topliss-reactive ketones (excluding diaryl/α,β-unsaturated/α-hetero) is 1. The number of furan rings is 1. The summed E-state index contributed by atoms with van der Waals surface area (Å²) in [6.45, 7) is -0.140. The van der Waals surface area contributed by atoms with Crippen LogP contribution in [0.5, 0.6) is 5.75 Å². The Morgan fingerprint density at radius 3 is 2.95 bits per heavy atom. The molecule has 1 amide bonds. The number of anilines is 1. The van der Waals surface area contributed by atoms with E-state index >= 15 is 0 Å². The Labute approximate surface area is 123 Å². The first-order chi connectivity index (χ1) is 9.65. The van der Waals surface area contributed by atoms with Gasteiger partial charge in [0.1, 0.15) is 5.75 Å². The van der Waals surface area contributed by atoms with Crippen molar-refractivity contribution in [3.63, 3.8) is 0 Å². The van der Waals surface area contributed by atoms with Crippen LogP contribution in [-0.4, -0.2) is 24.8 Å². The lowest BCUT2D eigenvalue weighted by Gasteiger charge is -2.28. The molecule has 0 aliphatic carbocycles. The van der Waals surface area contributed by atoms with Crippen molar-refractivity contribution >= 4 is 33.3 Å². The normalized spacial score (nSPS) is 13.8. The summed E-state index contributed by atoms with van der Waals surface area (Å²) in [5.41, 5.74) is 0.579. The highest BCUT2D eigenvalue weighted by molar-refractivity contribution is 9.10. The maximum Gasteiger partial charge on any atom is 0.265 e. The van der Waals surface area contributed by atoms with Gasteiger partial charge in [-0.1, -0.05) is 15.9 Å². The van der Waals surface area contributed by atoms with Gasteiger partial charge in [0.25, 0.3) is 5.91 Å². The summed E-state index contributed by atoms with van der Waals surface area (Å²) in [6.07, 6.45) is 1.43. The number of hydrogen-bond donors (Lipinski definition) is 0.